The number of nitrogens with zero attached hydrogens (tertiary/aromatic N) is 2. The largest absolute Gasteiger partial charge is 0.357 e. The molecule has 2 heterocycles. The molecule has 0 amide bonds. The molecule has 0 aliphatic rings. The molecule has 2 N–H and O–H groups in total. The molecule has 4 nitrogen and oxygen atoms in total. The number of pyridine rings is 1. The monoisotopic (exact) mass is 430 g/mol. The van der Waals surface area contributed by atoms with Gasteiger partial charge in [0.1, 0.15) is 0 Å². The molecule has 2 aromatic heterocycles. The highest BCUT2D eigenvalue weighted by Crippen LogP contribution is 2.08. The summed E-state index contributed by atoms with van der Waals surface area (Å²) >= 11 is 1.78. The fraction of sp³-hybridized carbons (Fsp3) is 0.375. The number of rotatable bonds is 7. The SMILES string of the molecule is CCNC(=NCCc1cccs1)NCCc1ccccn1.I. The van der Waals surface area contributed by atoms with E-state index in [1.54, 1.807) is 11.3 Å². The standard InChI is InChI=1S/C16H22N4S.HI/c1-2-17-16(20-12-9-15-7-5-13-21-15)19-11-8-14-6-3-4-10-18-14;/h3-7,10,13H,2,8-9,11-12H2,1H3,(H2,17,19,20);1H. The summed E-state index contributed by atoms with van der Waals surface area (Å²) in [7, 11) is 0. The Morgan fingerprint density at radius 3 is 2.77 bits per heavy atom. The predicted molar refractivity (Wildman–Crippen MR) is 105 cm³/mol. The number of nitrogens with one attached hydrogen (secondary N) is 2. The van der Waals surface area contributed by atoms with Gasteiger partial charge in [0.15, 0.2) is 5.96 Å². The maximum atomic E-state index is 4.60. The van der Waals surface area contributed by atoms with E-state index in [2.05, 4.69) is 45.0 Å². The van der Waals surface area contributed by atoms with Crippen molar-refractivity contribution in [3.63, 3.8) is 0 Å². The molecule has 22 heavy (non-hydrogen) atoms. The van der Waals surface area contributed by atoms with Crippen molar-refractivity contribution < 1.29 is 0 Å². The van der Waals surface area contributed by atoms with Gasteiger partial charge in [-0.2, -0.15) is 0 Å². The first-order chi connectivity index (χ1) is 10.4. The number of halogens is 1. The van der Waals surface area contributed by atoms with Crippen molar-refractivity contribution in [2.45, 2.75) is 19.8 Å². The summed E-state index contributed by atoms with van der Waals surface area (Å²) in [4.78, 5) is 10.3. The third kappa shape index (κ3) is 7.22. The van der Waals surface area contributed by atoms with Gasteiger partial charge in [0, 0.05) is 49.2 Å². The first kappa shape index (κ1) is 18.9. The van der Waals surface area contributed by atoms with Gasteiger partial charge in [-0.1, -0.05) is 12.1 Å². The quantitative estimate of drug-likeness (QED) is 0.403. The molecule has 0 spiro atoms. The summed E-state index contributed by atoms with van der Waals surface area (Å²) in [6.45, 7) is 4.59. The van der Waals surface area contributed by atoms with Crippen LogP contribution in [0, 0.1) is 0 Å². The maximum absolute atomic E-state index is 4.60. The number of hydrogen-bond acceptors (Lipinski definition) is 3. The van der Waals surface area contributed by atoms with Crippen molar-refractivity contribution in [3.8, 4) is 0 Å². The Balaban J connectivity index is 0.00000242. The number of aliphatic imine (C=N–C) groups is 1. The fourth-order valence-corrected chi connectivity index (χ4v) is 2.63. The van der Waals surface area contributed by atoms with Crippen LogP contribution >= 0.6 is 35.3 Å². The van der Waals surface area contributed by atoms with Crippen molar-refractivity contribution >= 4 is 41.3 Å². The lowest BCUT2D eigenvalue weighted by atomic mass is 10.3. The summed E-state index contributed by atoms with van der Waals surface area (Å²) < 4.78 is 0. The van der Waals surface area contributed by atoms with E-state index in [9.17, 15) is 0 Å². The van der Waals surface area contributed by atoms with E-state index in [-0.39, 0.29) is 24.0 Å². The van der Waals surface area contributed by atoms with Gasteiger partial charge in [-0.15, -0.1) is 35.3 Å². The summed E-state index contributed by atoms with van der Waals surface area (Å²) in [6.07, 6.45) is 3.72. The minimum absolute atomic E-state index is 0. The molecular formula is C16H23IN4S. The smallest absolute Gasteiger partial charge is 0.191 e. The molecule has 0 unspecified atom stereocenters. The van der Waals surface area contributed by atoms with Gasteiger partial charge >= 0.3 is 0 Å². The first-order valence-corrected chi connectivity index (χ1v) is 8.21. The van der Waals surface area contributed by atoms with E-state index < -0.39 is 0 Å². The Morgan fingerprint density at radius 1 is 1.18 bits per heavy atom. The summed E-state index contributed by atoms with van der Waals surface area (Å²) in [6, 6.07) is 10.2. The third-order valence-electron chi connectivity index (χ3n) is 2.95. The molecule has 0 aliphatic carbocycles. The van der Waals surface area contributed by atoms with Gasteiger partial charge in [0.2, 0.25) is 0 Å². The molecule has 6 heteroatoms. The molecule has 0 aliphatic heterocycles. The lowest BCUT2D eigenvalue weighted by Gasteiger charge is -2.10. The Morgan fingerprint density at radius 2 is 2.09 bits per heavy atom. The van der Waals surface area contributed by atoms with Crippen molar-refractivity contribution in [1.29, 1.82) is 0 Å². The van der Waals surface area contributed by atoms with E-state index >= 15 is 0 Å². The van der Waals surface area contributed by atoms with Crippen LogP contribution in [0.1, 0.15) is 17.5 Å². The zero-order valence-electron chi connectivity index (χ0n) is 12.8. The van der Waals surface area contributed by atoms with Gasteiger partial charge in [-0.05, 0) is 30.5 Å². The Labute approximate surface area is 153 Å². The van der Waals surface area contributed by atoms with Gasteiger partial charge in [-0.25, -0.2) is 0 Å². The van der Waals surface area contributed by atoms with E-state index in [0.29, 0.717) is 0 Å². The molecule has 2 aromatic rings. The number of aromatic nitrogens is 1. The van der Waals surface area contributed by atoms with Crippen LogP contribution < -0.4 is 10.6 Å². The molecule has 0 saturated heterocycles. The number of hydrogen-bond donors (Lipinski definition) is 2. The predicted octanol–water partition coefficient (Wildman–Crippen LogP) is 3.10. The Kier molecular flexibility index (Phi) is 9.81. The molecule has 0 aromatic carbocycles. The average Bonchev–Trinajstić information content (AvgIpc) is 3.02. The van der Waals surface area contributed by atoms with Crippen LogP contribution in [0.4, 0.5) is 0 Å². The van der Waals surface area contributed by atoms with Crippen LogP contribution in [0.15, 0.2) is 46.9 Å². The maximum Gasteiger partial charge on any atom is 0.191 e. The van der Waals surface area contributed by atoms with Crippen LogP contribution in [0.5, 0.6) is 0 Å². The number of thiophene rings is 1. The second-order valence-corrected chi connectivity index (χ2v) is 5.62. The molecule has 0 fully saturated rings. The minimum atomic E-state index is 0. The molecule has 0 radical (unpaired) electrons. The lowest BCUT2D eigenvalue weighted by molar-refractivity contribution is 0.787. The third-order valence-corrected chi connectivity index (χ3v) is 3.89. The zero-order valence-corrected chi connectivity index (χ0v) is 15.9. The van der Waals surface area contributed by atoms with Crippen LogP contribution in [0.2, 0.25) is 0 Å². The average molecular weight is 430 g/mol. The van der Waals surface area contributed by atoms with Gasteiger partial charge < -0.3 is 10.6 Å². The minimum Gasteiger partial charge on any atom is -0.357 e. The van der Waals surface area contributed by atoms with Crippen LogP contribution in [-0.2, 0) is 12.8 Å². The summed E-state index contributed by atoms with van der Waals surface area (Å²) in [5.41, 5.74) is 1.10. The Hall–Kier alpha value is -1.15. The highest BCUT2D eigenvalue weighted by Gasteiger charge is 1.99. The molecule has 0 saturated carbocycles. The molecule has 120 valence electrons. The highest BCUT2D eigenvalue weighted by molar-refractivity contribution is 14.0. The van der Waals surface area contributed by atoms with Crippen LogP contribution in [0.3, 0.4) is 0 Å². The van der Waals surface area contributed by atoms with Gasteiger partial charge in [0.25, 0.3) is 0 Å². The lowest BCUT2D eigenvalue weighted by Crippen LogP contribution is -2.38. The normalized spacial score (nSPS) is 10.9. The van der Waals surface area contributed by atoms with Crippen molar-refractivity contribution in [1.82, 2.24) is 15.6 Å². The van der Waals surface area contributed by atoms with Gasteiger partial charge in [-0.3, -0.25) is 9.98 Å². The van der Waals surface area contributed by atoms with Crippen LogP contribution in [0.25, 0.3) is 0 Å². The van der Waals surface area contributed by atoms with Crippen molar-refractivity contribution in [2.75, 3.05) is 19.6 Å². The summed E-state index contributed by atoms with van der Waals surface area (Å²) in [5, 5.41) is 8.73. The first-order valence-electron chi connectivity index (χ1n) is 7.33. The molecule has 0 bridgehead atoms. The summed E-state index contributed by atoms with van der Waals surface area (Å²) in [5.74, 6) is 0.880. The second kappa shape index (κ2) is 11.4. The molecular weight excluding hydrogens is 407 g/mol. The van der Waals surface area contributed by atoms with Crippen molar-refractivity contribution in [2.24, 2.45) is 4.99 Å². The topological polar surface area (TPSA) is 49.3 Å². The van der Waals surface area contributed by atoms with Crippen molar-refractivity contribution in [3.05, 3.63) is 52.5 Å². The molecule has 0 atom stereocenters. The van der Waals surface area contributed by atoms with E-state index in [4.69, 9.17) is 0 Å². The molecule has 2 rings (SSSR count). The van der Waals surface area contributed by atoms with E-state index in [1.807, 2.05) is 24.4 Å². The number of guanidine groups is 1. The van der Waals surface area contributed by atoms with Gasteiger partial charge in [0.05, 0.1) is 0 Å². The van der Waals surface area contributed by atoms with Crippen LogP contribution in [-0.4, -0.2) is 30.6 Å². The van der Waals surface area contributed by atoms with E-state index in [0.717, 1.165) is 44.1 Å². The highest BCUT2D eigenvalue weighted by atomic mass is 127. The fourth-order valence-electron chi connectivity index (χ4n) is 1.93. The second-order valence-electron chi connectivity index (χ2n) is 4.59. The zero-order chi connectivity index (χ0) is 14.8. The Bertz CT molecular complexity index is 528. The van der Waals surface area contributed by atoms with E-state index in [1.165, 1.54) is 4.88 Å².